The standard InChI is InChI=1S/C14H16BNO2.CH3NO/c1-4-7-15(10-16)13-6-5-12(8-11(2)17)9-14(13)18-3;2-1-3/h1,5-6,9,11,17H,7-8H2,2-3H3;1H,(H2,2,3). The molecule has 110 valence electrons. The van der Waals surface area contributed by atoms with E-state index in [4.69, 9.17) is 21.2 Å². The van der Waals surface area contributed by atoms with E-state index in [2.05, 4.69) is 17.6 Å². The zero-order valence-corrected chi connectivity index (χ0v) is 12.2. The second-order valence-electron chi connectivity index (χ2n) is 4.36. The van der Waals surface area contributed by atoms with Crippen LogP contribution in [0.25, 0.3) is 0 Å². The van der Waals surface area contributed by atoms with E-state index in [0.717, 1.165) is 11.0 Å². The van der Waals surface area contributed by atoms with E-state index >= 15 is 0 Å². The Morgan fingerprint density at radius 3 is 2.67 bits per heavy atom. The Bertz CT molecular complexity index is 533. The SMILES string of the molecule is C#CCB(C#N)c1ccc(CC(C)O)cc1OC.NC=O. The van der Waals surface area contributed by atoms with E-state index in [9.17, 15) is 5.11 Å². The minimum atomic E-state index is -0.405. The van der Waals surface area contributed by atoms with E-state index in [1.807, 2.05) is 18.2 Å². The van der Waals surface area contributed by atoms with Gasteiger partial charge in [0.15, 0.2) is 0 Å². The molecule has 1 aromatic carbocycles. The van der Waals surface area contributed by atoms with Crippen LogP contribution in [0.3, 0.4) is 0 Å². The molecule has 0 spiro atoms. The second-order valence-corrected chi connectivity index (χ2v) is 4.36. The van der Waals surface area contributed by atoms with Crippen molar-refractivity contribution in [2.75, 3.05) is 7.11 Å². The lowest BCUT2D eigenvalue weighted by molar-refractivity contribution is -0.106. The van der Waals surface area contributed by atoms with Gasteiger partial charge in [-0.05, 0) is 30.4 Å². The summed E-state index contributed by atoms with van der Waals surface area (Å²) in [7, 11) is 1.56. The maximum absolute atomic E-state index is 9.36. The van der Waals surface area contributed by atoms with Crippen LogP contribution in [0, 0.1) is 23.6 Å². The van der Waals surface area contributed by atoms with Gasteiger partial charge in [-0.25, -0.2) is 5.26 Å². The lowest BCUT2D eigenvalue weighted by Gasteiger charge is -2.12. The highest BCUT2D eigenvalue weighted by Crippen LogP contribution is 2.14. The zero-order valence-electron chi connectivity index (χ0n) is 12.2. The molecule has 6 heteroatoms. The number of nitrogens with two attached hydrogens (primary N) is 1. The van der Waals surface area contributed by atoms with Crippen LogP contribution in [-0.4, -0.2) is 31.4 Å². The fourth-order valence-corrected chi connectivity index (χ4v) is 1.85. The average Bonchev–Trinajstić information content (AvgIpc) is 2.45. The molecule has 1 atom stereocenters. The number of rotatable bonds is 5. The molecule has 3 N–H and O–H groups in total. The highest BCUT2D eigenvalue weighted by molar-refractivity contribution is 6.81. The first kappa shape index (κ1) is 18.6. The number of nitriles is 1. The molecule has 0 aliphatic heterocycles. The molecule has 0 saturated carbocycles. The summed E-state index contributed by atoms with van der Waals surface area (Å²) >= 11 is 0. The van der Waals surface area contributed by atoms with E-state index in [1.165, 1.54) is 0 Å². The van der Waals surface area contributed by atoms with Crippen LogP contribution in [-0.2, 0) is 11.2 Å². The summed E-state index contributed by atoms with van der Waals surface area (Å²) in [6, 6.07) is 5.59. The molecular formula is C15H19BN2O3. The predicted molar refractivity (Wildman–Crippen MR) is 83.3 cm³/mol. The highest BCUT2D eigenvalue weighted by Gasteiger charge is 2.20. The monoisotopic (exact) mass is 286 g/mol. The Morgan fingerprint density at radius 1 is 1.62 bits per heavy atom. The number of ether oxygens (including phenoxy) is 1. The number of carbonyl (C=O) groups is 1. The third-order valence-corrected chi connectivity index (χ3v) is 2.68. The van der Waals surface area contributed by atoms with Crippen LogP contribution in [0.15, 0.2) is 18.2 Å². The Balaban J connectivity index is 0.00000122. The minimum absolute atomic E-state index is 0.250. The smallest absolute Gasteiger partial charge is 0.315 e. The van der Waals surface area contributed by atoms with Crippen LogP contribution in [0.5, 0.6) is 5.75 Å². The van der Waals surface area contributed by atoms with E-state index in [-0.39, 0.29) is 13.1 Å². The average molecular weight is 286 g/mol. The molecule has 0 heterocycles. The molecule has 0 aliphatic rings. The van der Waals surface area contributed by atoms with E-state index in [1.54, 1.807) is 14.0 Å². The van der Waals surface area contributed by atoms with Gasteiger partial charge in [0.1, 0.15) is 5.75 Å². The Hall–Kier alpha value is -2.44. The molecule has 0 bridgehead atoms. The first-order chi connectivity index (χ1) is 10.0. The minimum Gasteiger partial charge on any atom is -0.497 e. The number of hydrogen-bond donors (Lipinski definition) is 2. The quantitative estimate of drug-likeness (QED) is 0.456. The molecule has 0 fully saturated rings. The molecule has 0 saturated heterocycles. The van der Waals surface area contributed by atoms with Gasteiger partial charge in [-0.15, -0.1) is 12.3 Å². The number of nitrogens with zero attached hydrogens (tertiary/aromatic N) is 1. The largest absolute Gasteiger partial charge is 0.497 e. The van der Waals surface area contributed by atoms with E-state index < -0.39 is 6.10 Å². The van der Waals surface area contributed by atoms with Crippen LogP contribution >= 0.6 is 0 Å². The molecule has 1 aromatic rings. The maximum Gasteiger partial charge on any atom is 0.315 e. The molecule has 1 amide bonds. The molecule has 1 unspecified atom stereocenters. The van der Waals surface area contributed by atoms with Crippen molar-refractivity contribution in [3.8, 4) is 24.1 Å². The molecule has 0 aromatic heterocycles. The number of hydrogen-bond acceptors (Lipinski definition) is 4. The lowest BCUT2D eigenvalue weighted by Crippen LogP contribution is -2.29. The summed E-state index contributed by atoms with van der Waals surface area (Å²) in [4.78, 5) is 8.58. The van der Waals surface area contributed by atoms with Crippen LogP contribution in [0.2, 0.25) is 6.32 Å². The summed E-state index contributed by atoms with van der Waals surface area (Å²) in [6.45, 7) is 1.38. The lowest BCUT2D eigenvalue weighted by atomic mass is 9.44. The summed E-state index contributed by atoms with van der Waals surface area (Å²) in [5.74, 6) is 5.33. The second kappa shape index (κ2) is 10.4. The Kier molecular flexibility index (Phi) is 9.16. The Morgan fingerprint density at radius 2 is 2.24 bits per heavy atom. The number of carbonyl (C=O) groups excluding carboxylic acids is 1. The number of primary amides is 1. The van der Waals surface area contributed by atoms with Crippen molar-refractivity contribution >= 4 is 18.6 Å². The third kappa shape index (κ3) is 6.51. The van der Waals surface area contributed by atoms with Crippen LogP contribution < -0.4 is 15.9 Å². The van der Waals surface area contributed by atoms with Gasteiger partial charge >= 0.3 is 6.71 Å². The summed E-state index contributed by atoms with van der Waals surface area (Å²) < 4.78 is 5.30. The summed E-state index contributed by atoms with van der Waals surface area (Å²) in [5, 5.41) is 18.5. The van der Waals surface area contributed by atoms with Gasteiger partial charge in [0, 0.05) is 12.3 Å². The number of aliphatic hydroxyl groups excluding tert-OH is 1. The normalized spacial score (nSPS) is 10.1. The van der Waals surface area contributed by atoms with Crippen molar-refractivity contribution in [2.24, 2.45) is 5.73 Å². The van der Waals surface area contributed by atoms with Gasteiger partial charge in [-0.3, -0.25) is 4.79 Å². The summed E-state index contributed by atoms with van der Waals surface area (Å²) in [6.07, 6.45) is 6.02. The van der Waals surface area contributed by atoms with Gasteiger partial charge in [0.2, 0.25) is 6.41 Å². The van der Waals surface area contributed by atoms with Gasteiger partial charge in [0.25, 0.3) is 0 Å². The van der Waals surface area contributed by atoms with Crippen molar-refractivity contribution in [3.63, 3.8) is 0 Å². The molecule has 0 radical (unpaired) electrons. The fraction of sp³-hybridized carbons (Fsp3) is 0.333. The van der Waals surface area contributed by atoms with Crippen LogP contribution in [0.4, 0.5) is 0 Å². The summed E-state index contributed by atoms with van der Waals surface area (Å²) in [5.41, 5.74) is 5.94. The molecular weight excluding hydrogens is 267 g/mol. The number of aliphatic hydroxyl groups is 1. The molecule has 1 rings (SSSR count). The highest BCUT2D eigenvalue weighted by atomic mass is 16.5. The number of amides is 1. The van der Waals surface area contributed by atoms with Crippen molar-refractivity contribution in [3.05, 3.63) is 23.8 Å². The number of methoxy groups -OCH3 is 1. The van der Waals surface area contributed by atoms with Crippen molar-refractivity contribution in [2.45, 2.75) is 25.8 Å². The third-order valence-electron chi connectivity index (χ3n) is 2.68. The first-order valence-corrected chi connectivity index (χ1v) is 6.37. The van der Waals surface area contributed by atoms with Gasteiger partial charge in [0.05, 0.1) is 13.2 Å². The van der Waals surface area contributed by atoms with E-state index in [0.29, 0.717) is 18.5 Å². The van der Waals surface area contributed by atoms with Gasteiger partial charge < -0.3 is 15.6 Å². The number of terminal acetylenes is 1. The van der Waals surface area contributed by atoms with Crippen molar-refractivity contribution < 1.29 is 14.6 Å². The zero-order chi connectivity index (χ0) is 16.3. The molecule has 0 aliphatic carbocycles. The Labute approximate surface area is 125 Å². The van der Waals surface area contributed by atoms with Crippen molar-refractivity contribution in [1.29, 1.82) is 5.26 Å². The fourth-order valence-electron chi connectivity index (χ4n) is 1.85. The van der Waals surface area contributed by atoms with Crippen LogP contribution in [0.1, 0.15) is 12.5 Å². The first-order valence-electron chi connectivity index (χ1n) is 6.37. The topological polar surface area (TPSA) is 96.3 Å². The van der Waals surface area contributed by atoms with Gasteiger partial charge in [-0.1, -0.05) is 12.1 Å². The molecule has 21 heavy (non-hydrogen) atoms. The predicted octanol–water partition coefficient (Wildman–Crippen LogP) is 0.118. The molecule has 5 nitrogen and oxygen atoms in total. The van der Waals surface area contributed by atoms with Crippen molar-refractivity contribution in [1.82, 2.24) is 0 Å². The van der Waals surface area contributed by atoms with Gasteiger partial charge in [-0.2, -0.15) is 0 Å². The number of benzene rings is 1. The maximum atomic E-state index is 9.36.